The number of imide groups is 2. The molecule has 0 bridgehead atoms. The summed E-state index contributed by atoms with van der Waals surface area (Å²) in [6.45, 7) is 11.5. The van der Waals surface area contributed by atoms with E-state index < -0.39 is 35.7 Å². The topological polar surface area (TPSA) is 235 Å². The molecule has 1 saturated heterocycles. The number of ether oxygens (including phenoxy) is 8. The number of benzene rings is 2. The second kappa shape index (κ2) is 28.3. The highest BCUT2D eigenvalue weighted by molar-refractivity contribution is 7.15. The SMILES string of the molecule is Cc1sc2c(c1C)C(c1ccc(Cl)cc1)=N[C@@H](CC(=O)CCCOCCOCCOCCOCCOCCOCCOCCCC(=O)COc1cccc3c1C(=O)N(C1CCC(=O)NC1=O)C3=O)c1nnc(C)n1-2. The highest BCUT2D eigenvalue weighted by Crippen LogP contribution is 2.40. The van der Waals surface area contributed by atoms with Gasteiger partial charge in [0.15, 0.2) is 11.6 Å². The Bertz CT molecular complexity index is 2640. The number of nitrogens with zero attached hydrogens (tertiary/aromatic N) is 5. The standard InChI is InChI=1S/C52H63ClN6O14S/c1-33-34(2)74-52-45(33)47(36-11-13-37(53)14-12-36)54-41(48-57-56-35(3)58(48)52)31-38(60)7-5-17-66-19-21-68-23-25-70-27-29-72-30-28-71-26-24-69-22-20-67-18-6-8-39(61)32-73-43-10-4-9-40-46(43)51(65)59(50(40)64)42-15-16-44(62)55-49(42)63/h4,9-14,41-42H,5-8,15-32H2,1-3H3,(H,55,62,63)/t41-,42?/m0/s1. The number of carbonyl (C=O) groups is 6. The number of piperidine rings is 1. The molecule has 20 nitrogen and oxygen atoms in total. The molecular weight excluding hydrogens is 1000 g/mol. The molecule has 2 aromatic carbocycles. The second-order valence-corrected chi connectivity index (χ2v) is 19.2. The first-order valence-corrected chi connectivity index (χ1v) is 26.0. The number of hydrogen-bond acceptors (Lipinski definition) is 18. The summed E-state index contributed by atoms with van der Waals surface area (Å²) in [6, 6.07) is 10.5. The van der Waals surface area contributed by atoms with Gasteiger partial charge in [0.2, 0.25) is 11.8 Å². The van der Waals surface area contributed by atoms with Crippen molar-refractivity contribution in [1.82, 2.24) is 25.0 Å². The van der Waals surface area contributed by atoms with E-state index >= 15 is 0 Å². The number of thiophene rings is 1. The van der Waals surface area contributed by atoms with Crippen LogP contribution in [-0.2, 0) is 52.3 Å². The smallest absolute Gasteiger partial charge is 0.266 e. The van der Waals surface area contributed by atoms with E-state index in [0.717, 1.165) is 38.1 Å². The van der Waals surface area contributed by atoms with E-state index in [1.165, 1.54) is 23.1 Å². The number of hydrogen-bond donors (Lipinski definition) is 1. The van der Waals surface area contributed by atoms with Crippen LogP contribution in [0.2, 0.25) is 5.02 Å². The van der Waals surface area contributed by atoms with Gasteiger partial charge in [0, 0.05) is 59.9 Å². The number of halogens is 1. The monoisotopic (exact) mass is 1060 g/mol. The molecule has 2 atom stereocenters. The Balaban J connectivity index is 0.630. The van der Waals surface area contributed by atoms with Crippen LogP contribution in [0.1, 0.15) is 105 Å². The zero-order chi connectivity index (χ0) is 52.4. The summed E-state index contributed by atoms with van der Waals surface area (Å²) >= 11 is 7.90. The molecule has 4 aromatic rings. The lowest BCUT2D eigenvalue weighted by Gasteiger charge is -2.27. The summed E-state index contributed by atoms with van der Waals surface area (Å²) < 4.78 is 46.7. The zero-order valence-electron chi connectivity index (χ0n) is 42.0. The maximum Gasteiger partial charge on any atom is 0.266 e. The highest BCUT2D eigenvalue weighted by Gasteiger charge is 2.46. The van der Waals surface area contributed by atoms with Gasteiger partial charge >= 0.3 is 0 Å². The van der Waals surface area contributed by atoms with E-state index in [9.17, 15) is 28.8 Å². The Morgan fingerprint density at radius 2 is 1.27 bits per heavy atom. The summed E-state index contributed by atoms with van der Waals surface area (Å²) in [5.41, 5.74) is 3.99. The Labute approximate surface area is 438 Å². The van der Waals surface area contributed by atoms with Crippen LogP contribution >= 0.6 is 22.9 Å². The van der Waals surface area contributed by atoms with Gasteiger partial charge in [0.1, 0.15) is 41.0 Å². The molecule has 0 aliphatic carbocycles. The van der Waals surface area contributed by atoms with E-state index in [0.29, 0.717) is 123 Å². The Hall–Kier alpha value is -5.62. The zero-order valence-corrected chi connectivity index (χ0v) is 43.6. The van der Waals surface area contributed by atoms with Gasteiger partial charge in [-0.3, -0.25) is 48.5 Å². The first-order valence-electron chi connectivity index (χ1n) is 24.8. The molecule has 0 spiro atoms. The van der Waals surface area contributed by atoms with Crippen molar-refractivity contribution in [2.45, 2.75) is 77.8 Å². The summed E-state index contributed by atoms with van der Waals surface area (Å²) in [5, 5.41) is 12.7. The Morgan fingerprint density at radius 1 is 0.703 bits per heavy atom. The molecule has 2 aromatic heterocycles. The maximum absolute atomic E-state index is 13.3. The molecule has 7 rings (SSSR count). The molecule has 22 heteroatoms. The predicted octanol–water partition coefficient (Wildman–Crippen LogP) is 5.48. The van der Waals surface area contributed by atoms with E-state index in [-0.39, 0.29) is 60.7 Å². The minimum absolute atomic E-state index is 0.00635. The number of aliphatic imine (C=N–C) groups is 1. The van der Waals surface area contributed by atoms with Crippen LogP contribution in [0.25, 0.3) is 5.00 Å². The minimum atomic E-state index is -1.10. The van der Waals surface area contributed by atoms with Crippen LogP contribution in [0, 0.1) is 20.8 Å². The normalized spacial score (nSPS) is 16.2. The molecule has 3 aliphatic heterocycles. The van der Waals surface area contributed by atoms with E-state index in [4.69, 9.17) is 54.5 Å². The fraction of sp³-hybridized carbons (Fsp3) is 0.519. The quantitative estimate of drug-likeness (QED) is 0.0459. The number of amides is 4. The molecule has 398 valence electrons. The van der Waals surface area contributed by atoms with Crippen LogP contribution in [0.3, 0.4) is 0 Å². The summed E-state index contributed by atoms with van der Waals surface area (Å²) in [7, 11) is 0. The van der Waals surface area contributed by atoms with Crippen molar-refractivity contribution >= 4 is 63.8 Å². The van der Waals surface area contributed by atoms with Gasteiger partial charge in [-0.25, -0.2) is 0 Å². The first kappa shape index (κ1) is 56.1. The van der Waals surface area contributed by atoms with E-state index in [1.54, 1.807) is 11.3 Å². The van der Waals surface area contributed by atoms with Crippen molar-refractivity contribution in [3.63, 3.8) is 0 Å². The van der Waals surface area contributed by atoms with Crippen LogP contribution in [-0.4, -0.2) is 166 Å². The van der Waals surface area contributed by atoms with Gasteiger partial charge in [-0.2, -0.15) is 0 Å². The third-order valence-corrected chi connectivity index (χ3v) is 13.8. The molecule has 74 heavy (non-hydrogen) atoms. The molecular formula is C52H63ClN6O14S. The molecule has 5 heterocycles. The number of carbonyl (C=O) groups excluding carboxylic acids is 6. The lowest BCUT2D eigenvalue weighted by atomic mass is 9.99. The molecule has 0 saturated carbocycles. The first-order chi connectivity index (χ1) is 35.9. The Kier molecular flexibility index (Phi) is 21.5. The molecule has 1 fully saturated rings. The lowest BCUT2D eigenvalue weighted by Crippen LogP contribution is -2.54. The number of rotatable bonds is 33. The van der Waals surface area contributed by atoms with Gasteiger partial charge in [0.25, 0.3) is 11.8 Å². The molecule has 0 radical (unpaired) electrons. The fourth-order valence-corrected chi connectivity index (χ4v) is 9.79. The van der Waals surface area contributed by atoms with Crippen LogP contribution in [0.5, 0.6) is 5.75 Å². The van der Waals surface area contributed by atoms with Crippen molar-refractivity contribution < 1.29 is 66.7 Å². The van der Waals surface area contributed by atoms with Gasteiger partial charge in [0.05, 0.1) is 96.1 Å². The highest BCUT2D eigenvalue weighted by atomic mass is 35.5. The average Bonchev–Trinajstić information content (AvgIpc) is 3.96. The largest absolute Gasteiger partial charge is 0.485 e. The number of aromatic nitrogens is 3. The van der Waals surface area contributed by atoms with Crippen LogP contribution in [0.15, 0.2) is 47.5 Å². The average molecular weight is 1060 g/mol. The summed E-state index contributed by atoms with van der Waals surface area (Å²) in [5.74, 6) is -1.16. The summed E-state index contributed by atoms with van der Waals surface area (Å²) in [4.78, 5) is 83.1. The maximum atomic E-state index is 13.3. The van der Waals surface area contributed by atoms with Gasteiger partial charge < -0.3 is 37.9 Å². The van der Waals surface area contributed by atoms with Crippen molar-refractivity contribution in [3.05, 3.63) is 91.8 Å². The second-order valence-electron chi connectivity index (χ2n) is 17.6. The number of aryl methyl sites for hydroxylation is 2. The van der Waals surface area contributed by atoms with E-state index in [1.807, 2.05) is 35.8 Å². The van der Waals surface area contributed by atoms with Gasteiger partial charge in [-0.05, 0) is 69.9 Å². The van der Waals surface area contributed by atoms with Gasteiger partial charge in [-0.1, -0.05) is 29.8 Å². The van der Waals surface area contributed by atoms with Crippen molar-refractivity contribution in [2.24, 2.45) is 4.99 Å². The predicted molar refractivity (Wildman–Crippen MR) is 271 cm³/mol. The Morgan fingerprint density at radius 3 is 1.85 bits per heavy atom. The fourth-order valence-electron chi connectivity index (χ4n) is 8.45. The minimum Gasteiger partial charge on any atom is -0.485 e. The van der Waals surface area contributed by atoms with Crippen LogP contribution < -0.4 is 10.1 Å². The third-order valence-electron chi connectivity index (χ3n) is 12.3. The van der Waals surface area contributed by atoms with Crippen molar-refractivity contribution in [3.8, 4) is 10.8 Å². The van der Waals surface area contributed by atoms with Crippen LogP contribution in [0.4, 0.5) is 0 Å². The number of nitrogens with one attached hydrogen (secondary N) is 1. The van der Waals surface area contributed by atoms with Crippen molar-refractivity contribution in [2.75, 3.05) is 99.1 Å². The molecule has 1 unspecified atom stereocenters. The van der Waals surface area contributed by atoms with Crippen molar-refractivity contribution in [1.29, 1.82) is 0 Å². The number of fused-ring (bicyclic) bond motifs is 4. The van der Waals surface area contributed by atoms with Gasteiger partial charge in [-0.15, -0.1) is 21.5 Å². The third kappa shape index (κ3) is 15.0. The lowest BCUT2D eigenvalue weighted by molar-refractivity contribution is -0.136. The number of ketones is 2. The van der Waals surface area contributed by atoms with E-state index in [2.05, 4.69) is 29.4 Å². The number of Topliss-reactive ketones (excluding diaryl/α,β-unsaturated/α-hetero) is 2. The summed E-state index contributed by atoms with van der Waals surface area (Å²) in [6.07, 6.45) is 1.84. The molecule has 1 N–H and O–H groups in total. The molecule has 4 amide bonds. The molecule has 3 aliphatic rings.